The Morgan fingerprint density at radius 3 is 2.42 bits per heavy atom. The third-order valence-corrected chi connectivity index (χ3v) is 7.24. The van der Waals surface area contributed by atoms with E-state index in [1.54, 1.807) is 7.11 Å². The number of hydrogen-bond acceptors (Lipinski definition) is 4. The first kappa shape index (κ1) is 17.9. The molecule has 1 aromatic rings. The molecule has 0 heterocycles. The quantitative estimate of drug-likeness (QED) is 0.199. The van der Waals surface area contributed by atoms with E-state index in [1.807, 2.05) is 6.07 Å². The second kappa shape index (κ2) is 9.68. The van der Waals surface area contributed by atoms with Gasteiger partial charge in [-0.15, -0.1) is 0 Å². The first-order chi connectivity index (χ1) is 9.11. The van der Waals surface area contributed by atoms with Crippen molar-refractivity contribution < 1.29 is 19.0 Å². The molecule has 0 spiro atoms. The maximum Gasteiger partial charge on any atom is 0.153 e. The smallest absolute Gasteiger partial charge is 0.153 e. The number of halogens is 3. The minimum Gasteiger partial charge on any atom is -0.489 e. The van der Waals surface area contributed by atoms with E-state index in [9.17, 15) is 4.79 Å². The molecule has 0 saturated heterocycles. The molecular weight excluding hydrogens is 589 g/mol. The van der Waals surface area contributed by atoms with Gasteiger partial charge < -0.3 is 14.2 Å². The van der Waals surface area contributed by atoms with Crippen LogP contribution < -0.4 is 4.74 Å². The number of methoxy groups -OCH3 is 1. The molecule has 0 aromatic heterocycles. The van der Waals surface area contributed by atoms with Crippen LogP contribution in [0, 0.1) is 10.7 Å². The predicted molar refractivity (Wildman–Crippen MR) is 98.2 cm³/mol. The monoisotopic (exact) mass is 602 g/mol. The van der Waals surface area contributed by atoms with E-state index in [0.717, 1.165) is 17.0 Å². The number of carbonyl (C=O) groups is 1. The van der Waals surface area contributed by atoms with Crippen molar-refractivity contribution in [2.75, 3.05) is 33.5 Å². The molecule has 0 bridgehead atoms. The first-order valence-corrected chi connectivity index (χ1v) is 8.67. The normalized spacial score (nSPS) is 10.5. The molecule has 4 nitrogen and oxygen atoms in total. The Morgan fingerprint density at radius 1 is 1.11 bits per heavy atom. The van der Waals surface area contributed by atoms with Gasteiger partial charge in [0.1, 0.15) is 12.4 Å². The number of aldehydes is 1. The van der Waals surface area contributed by atoms with Crippen molar-refractivity contribution in [2.45, 2.75) is 0 Å². The molecule has 0 fully saturated rings. The first-order valence-electron chi connectivity index (χ1n) is 5.44. The number of ether oxygens (including phenoxy) is 3. The minimum atomic E-state index is 0.414. The molecule has 0 atom stereocenters. The third kappa shape index (κ3) is 5.59. The van der Waals surface area contributed by atoms with Gasteiger partial charge in [0.05, 0.1) is 29.0 Å². The average Bonchev–Trinajstić information content (AvgIpc) is 2.41. The molecule has 1 aromatic carbocycles. The summed E-state index contributed by atoms with van der Waals surface area (Å²) in [5, 5.41) is 0. The lowest BCUT2D eigenvalue weighted by Crippen LogP contribution is -2.12. The molecule has 1 rings (SSSR count). The van der Waals surface area contributed by atoms with Crippen molar-refractivity contribution in [1.82, 2.24) is 0 Å². The van der Waals surface area contributed by atoms with Crippen LogP contribution in [0.2, 0.25) is 0 Å². The third-order valence-electron chi connectivity index (χ3n) is 2.18. The number of benzene rings is 1. The largest absolute Gasteiger partial charge is 0.489 e. The van der Waals surface area contributed by atoms with Gasteiger partial charge in [0, 0.05) is 14.3 Å². The molecular formula is C12H13I3O4. The molecule has 0 saturated carbocycles. The van der Waals surface area contributed by atoms with Crippen LogP contribution in [0.25, 0.3) is 0 Å². The van der Waals surface area contributed by atoms with E-state index in [4.69, 9.17) is 14.2 Å². The topological polar surface area (TPSA) is 44.8 Å². The van der Waals surface area contributed by atoms with E-state index >= 15 is 0 Å². The van der Waals surface area contributed by atoms with E-state index in [-0.39, 0.29) is 0 Å². The van der Waals surface area contributed by atoms with Crippen molar-refractivity contribution >= 4 is 74.1 Å². The van der Waals surface area contributed by atoms with Gasteiger partial charge in [0.2, 0.25) is 0 Å². The van der Waals surface area contributed by atoms with E-state index < -0.39 is 0 Å². The minimum absolute atomic E-state index is 0.414. The van der Waals surface area contributed by atoms with Crippen LogP contribution in [-0.4, -0.2) is 39.8 Å². The Kier molecular flexibility index (Phi) is 9.10. The Morgan fingerprint density at radius 2 is 1.79 bits per heavy atom. The number of rotatable bonds is 8. The van der Waals surface area contributed by atoms with Gasteiger partial charge in [-0.1, -0.05) is 0 Å². The van der Waals surface area contributed by atoms with Crippen molar-refractivity contribution in [3.63, 3.8) is 0 Å². The van der Waals surface area contributed by atoms with Gasteiger partial charge in [-0.05, 0) is 73.8 Å². The van der Waals surface area contributed by atoms with Gasteiger partial charge in [0.15, 0.2) is 6.29 Å². The molecule has 0 N–H and O–H groups in total. The lowest BCUT2D eigenvalue weighted by molar-refractivity contribution is 0.0541. The van der Waals surface area contributed by atoms with Crippen LogP contribution in [0.3, 0.4) is 0 Å². The van der Waals surface area contributed by atoms with Gasteiger partial charge in [-0.25, -0.2) is 0 Å². The highest BCUT2D eigenvalue weighted by Gasteiger charge is 2.14. The maximum atomic E-state index is 11.1. The Hall–Kier alpha value is 0.800. The predicted octanol–water partition coefficient (Wildman–Crippen LogP) is 3.35. The summed E-state index contributed by atoms with van der Waals surface area (Å²) in [5.41, 5.74) is 0.575. The lowest BCUT2D eigenvalue weighted by Gasteiger charge is -2.13. The van der Waals surface area contributed by atoms with Gasteiger partial charge in [-0.3, -0.25) is 4.79 Å². The van der Waals surface area contributed by atoms with Gasteiger partial charge in [0.25, 0.3) is 0 Å². The van der Waals surface area contributed by atoms with Gasteiger partial charge in [-0.2, -0.15) is 0 Å². The van der Waals surface area contributed by atoms with E-state index in [1.165, 1.54) is 0 Å². The molecule has 19 heavy (non-hydrogen) atoms. The van der Waals surface area contributed by atoms with Crippen LogP contribution >= 0.6 is 67.8 Å². The SMILES string of the molecule is COCCOCCOc1c(C=O)cc(I)c(I)c1I. The summed E-state index contributed by atoms with van der Waals surface area (Å²) in [5.74, 6) is 0.635. The molecule has 0 aliphatic rings. The van der Waals surface area contributed by atoms with Gasteiger partial charge >= 0.3 is 0 Å². The molecule has 106 valence electrons. The lowest BCUT2D eigenvalue weighted by atomic mass is 10.2. The van der Waals surface area contributed by atoms with E-state index in [2.05, 4.69) is 67.8 Å². The molecule has 0 amide bonds. The molecule has 0 radical (unpaired) electrons. The zero-order chi connectivity index (χ0) is 14.3. The summed E-state index contributed by atoms with van der Waals surface area (Å²) in [7, 11) is 1.63. The summed E-state index contributed by atoms with van der Waals surface area (Å²) < 4.78 is 19.0. The maximum absolute atomic E-state index is 11.1. The fourth-order valence-corrected chi connectivity index (χ4v) is 3.56. The second-order valence-electron chi connectivity index (χ2n) is 3.48. The van der Waals surface area contributed by atoms with Crippen molar-refractivity contribution in [3.8, 4) is 5.75 Å². The number of carbonyl (C=O) groups excluding carboxylic acids is 1. The average molecular weight is 602 g/mol. The van der Waals surface area contributed by atoms with Crippen LogP contribution in [-0.2, 0) is 9.47 Å². The fourth-order valence-electron chi connectivity index (χ4n) is 1.28. The highest BCUT2D eigenvalue weighted by atomic mass is 127. The fraction of sp³-hybridized carbons (Fsp3) is 0.417. The molecule has 0 aliphatic heterocycles. The summed E-state index contributed by atoms with van der Waals surface area (Å²) >= 11 is 6.66. The molecule has 0 aliphatic carbocycles. The van der Waals surface area contributed by atoms with Crippen molar-refractivity contribution in [3.05, 3.63) is 22.3 Å². The van der Waals surface area contributed by atoms with Crippen LogP contribution in [0.5, 0.6) is 5.75 Å². The number of hydrogen-bond donors (Lipinski definition) is 0. The van der Waals surface area contributed by atoms with Crippen molar-refractivity contribution in [1.29, 1.82) is 0 Å². The zero-order valence-electron chi connectivity index (χ0n) is 10.3. The van der Waals surface area contributed by atoms with Crippen LogP contribution in [0.15, 0.2) is 6.07 Å². The highest BCUT2D eigenvalue weighted by Crippen LogP contribution is 2.32. The standard InChI is InChI=1S/C12H13I3O4/c1-17-2-3-18-4-5-19-12-8(7-16)6-9(13)10(14)11(12)15/h6-7H,2-5H2,1H3. The van der Waals surface area contributed by atoms with Crippen LogP contribution in [0.4, 0.5) is 0 Å². The second-order valence-corrected chi connectivity index (χ2v) is 6.80. The zero-order valence-corrected chi connectivity index (χ0v) is 16.7. The summed E-state index contributed by atoms with van der Waals surface area (Å²) in [4.78, 5) is 11.1. The highest BCUT2D eigenvalue weighted by molar-refractivity contribution is 14.1. The summed E-state index contributed by atoms with van der Waals surface area (Å²) in [6.07, 6.45) is 0.821. The molecule has 0 unspecified atom stereocenters. The van der Waals surface area contributed by atoms with Crippen LogP contribution in [0.1, 0.15) is 10.4 Å². The summed E-state index contributed by atoms with van der Waals surface area (Å²) in [6.45, 7) is 2.00. The Bertz CT molecular complexity index is 437. The Labute approximate surface area is 153 Å². The molecule has 7 heteroatoms. The Balaban J connectivity index is 2.62. The summed E-state index contributed by atoms with van der Waals surface area (Å²) in [6, 6.07) is 1.83. The van der Waals surface area contributed by atoms with Crippen molar-refractivity contribution in [2.24, 2.45) is 0 Å². The van der Waals surface area contributed by atoms with E-state index in [0.29, 0.717) is 37.7 Å².